The van der Waals surface area contributed by atoms with E-state index in [1.807, 2.05) is 41.8 Å². The zero-order valence-corrected chi connectivity index (χ0v) is 22.3. The molecule has 190 valence electrons. The first kappa shape index (κ1) is 26.2. The van der Waals surface area contributed by atoms with Gasteiger partial charge in [-0.05, 0) is 59.4 Å². The molecule has 0 bridgehead atoms. The smallest absolute Gasteiger partial charge is 0.250 e. The maximum Gasteiger partial charge on any atom is 0.250 e. The molecule has 1 aromatic heterocycles. The summed E-state index contributed by atoms with van der Waals surface area (Å²) < 4.78 is 1.97. The van der Waals surface area contributed by atoms with Crippen LogP contribution in [0.15, 0.2) is 89.1 Å². The summed E-state index contributed by atoms with van der Waals surface area (Å²) in [6, 6.07) is 25.0. The van der Waals surface area contributed by atoms with Crippen LogP contribution in [0.25, 0.3) is 17.1 Å². The lowest BCUT2D eigenvalue weighted by Crippen LogP contribution is -2.22. The van der Waals surface area contributed by atoms with Crippen LogP contribution in [0.5, 0.6) is 5.75 Å². The Morgan fingerprint density at radius 3 is 2.27 bits per heavy atom. The highest BCUT2D eigenvalue weighted by Gasteiger charge is 2.19. The fraction of sp³-hybridized carbons (Fsp3) is 0.241. The lowest BCUT2D eigenvalue weighted by Gasteiger charge is -2.19. The molecule has 3 aromatic carbocycles. The SMILES string of the molecule is CC/C(=N\NC(=O)CSc1nnc(-c2ccc(C(C)(C)C)cc2)n1-c1ccccc1)c1ccc(O)cc1. The predicted molar refractivity (Wildman–Crippen MR) is 149 cm³/mol. The molecule has 1 heterocycles. The topological polar surface area (TPSA) is 92.4 Å². The van der Waals surface area contributed by atoms with Crippen LogP contribution in [0.2, 0.25) is 0 Å². The fourth-order valence-electron chi connectivity index (χ4n) is 3.77. The van der Waals surface area contributed by atoms with Crippen LogP contribution in [0, 0.1) is 0 Å². The van der Waals surface area contributed by atoms with Crippen molar-refractivity contribution in [3.63, 3.8) is 0 Å². The summed E-state index contributed by atoms with van der Waals surface area (Å²) >= 11 is 1.30. The molecule has 0 spiro atoms. The molecule has 0 aliphatic heterocycles. The van der Waals surface area contributed by atoms with Crippen molar-refractivity contribution in [2.45, 2.75) is 44.7 Å². The Labute approximate surface area is 221 Å². The van der Waals surface area contributed by atoms with E-state index in [-0.39, 0.29) is 22.8 Å². The van der Waals surface area contributed by atoms with Crippen molar-refractivity contribution in [3.8, 4) is 22.8 Å². The number of phenols is 1. The number of carbonyl (C=O) groups is 1. The van der Waals surface area contributed by atoms with E-state index in [1.165, 1.54) is 17.3 Å². The lowest BCUT2D eigenvalue weighted by atomic mass is 9.87. The van der Waals surface area contributed by atoms with Gasteiger partial charge in [-0.15, -0.1) is 10.2 Å². The maximum absolute atomic E-state index is 12.6. The number of hydrogen-bond donors (Lipinski definition) is 2. The van der Waals surface area contributed by atoms with E-state index < -0.39 is 0 Å². The Kier molecular flexibility index (Phi) is 8.08. The van der Waals surface area contributed by atoms with E-state index in [9.17, 15) is 9.90 Å². The second kappa shape index (κ2) is 11.4. The van der Waals surface area contributed by atoms with Crippen molar-refractivity contribution in [1.82, 2.24) is 20.2 Å². The molecule has 8 heteroatoms. The van der Waals surface area contributed by atoms with Crippen LogP contribution < -0.4 is 5.43 Å². The largest absolute Gasteiger partial charge is 0.508 e. The summed E-state index contributed by atoms with van der Waals surface area (Å²) in [5, 5.41) is 23.3. The zero-order valence-electron chi connectivity index (χ0n) is 21.5. The Balaban J connectivity index is 1.54. The molecule has 2 N–H and O–H groups in total. The molecule has 7 nitrogen and oxygen atoms in total. The van der Waals surface area contributed by atoms with Gasteiger partial charge in [0, 0.05) is 11.3 Å². The van der Waals surface area contributed by atoms with E-state index in [0.29, 0.717) is 17.4 Å². The molecule has 0 aliphatic rings. The lowest BCUT2D eigenvalue weighted by molar-refractivity contribution is -0.118. The summed E-state index contributed by atoms with van der Waals surface area (Å²) in [4.78, 5) is 12.6. The average molecular weight is 514 g/mol. The highest BCUT2D eigenvalue weighted by atomic mass is 32.2. The highest BCUT2D eigenvalue weighted by molar-refractivity contribution is 7.99. The highest BCUT2D eigenvalue weighted by Crippen LogP contribution is 2.30. The number of phenolic OH excluding ortho intramolecular Hbond substituents is 1. The van der Waals surface area contributed by atoms with Gasteiger partial charge in [-0.3, -0.25) is 9.36 Å². The molecule has 0 unspecified atom stereocenters. The van der Waals surface area contributed by atoms with Gasteiger partial charge in [-0.2, -0.15) is 5.10 Å². The first-order chi connectivity index (χ1) is 17.8. The van der Waals surface area contributed by atoms with E-state index in [1.54, 1.807) is 24.3 Å². The number of benzene rings is 3. The van der Waals surface area contributed by atoms with Crippen LogP contribution >= 0.6 is 11.8 Å². The number of para-hydroxylation sites is 1. The molecule has 0 aliphatic carbocycles. The molecule has 0 radical (unpaired) electrons. The second-order valence-corrected chi connectivity index (χ2v) is 10.5. The van der Waals surface area contributed by atoms with Gasteiger partial charge in [-0.25, -0.2) is 5.43 Å². The minimum absolute atomic E-state index is 0.0580. The summed E-state index contributed by atoms with van der Waals surface area (Å²) in [6.45, 7) is 8.52. The molecule has 0 saturated heterocycles. The standard InChI is InChI=1S/C29H31N5O2S/c1-5-25(20-13-17-24(35)18-14-20)30-31-26(36)19-37-28-33-32-27(34(28)23-9-7-6-8-10-23)21-11-15-22(16-12-21)29(2,3)4/h6-18,35H,5,19H2,1-4H3,(H,31,36)/b30-25+. The van der Waals surface area contributed by atoms with Gasteiger partial charge in [0.15, 0.2) is 11.0 Å². The zero-order chi connectivity index (χ0) is 26.4. The Hall–Kier alpha value is -3.91. The van der Waals surface area contributed by atoms with Gasteiger partial charge in [0.25, 0.3) is 5.91 Å². The van der Waals surface area contributed by atoms with Crippen LogP contribution in [-0.4, -0.2) is 37.2 Å². The minimum Gasteiger partial charge on any atom is -0.508 e. The van der Waals surface area contributed by atoms with Crippen molar-refractivity contribution in [1.29, 1.82) is 0 Å². The van der Waals surface area contributed by atoms with Gasteiger partial charge in [0.2, 0.25) is 0 Å². The number of thioether (sulfide) groups is 1. The molecular weight excluding hydrogens is 482 g/mol. The molecule has 37 heavy (non-hydrogen) atoms. The first-order valence-electron chi connectivity index (χ1n) is 12.2. The van der Waals surface area contributed by atoms with Crippen molar-refractivity contribution in [3.05, 3.63) is 90.0 Å². The summed E-state index contributed by atoms with van der Waals surface area (Å²) in [7, 11) is 0. The summed E-state index contributed by atoms with van der Waals surface area (Å²) in [6.07, 6.45) is 0.637. The quantitative estimate of drug-likeness (QED) is 0.172. The van der Waals surface area contributed by atoms with Crippen LogP contribution in [0.3, 0.4) is 0 Å². The molecule has 4 rings (SSSR count). The van der Waals surface area contributed by atoms with Crippen molar-refractivity contribution in [2.24, 2.45) is 5.10 Å². The fourth-order valence-corrected chi connectivity index (χ4v) is 4.52. The van der Waals surface area contributed by atoms with Crippen LogP contribution in [0.1, 0.15) is 45.2 Å². The number of hydrazone groups is 1. The van der Waals surface area contributed by atoms with Gasteiger partial charge in [0.1, 0.15) is 5.75 Å². The molecule has 0 saturated carbocycles. The number of rotatable bonds is 8. The third-order valence-corrected chi connectivity index (χ3v) is 6.77. The molecule has 1 amide bonds. The van der Waals surface area contributed by atoms with Crippen molar-refractivity contribution < 1.29 is 9.90 Å². The number of aromatic nitrogens is 3. The Bertz CT molecular complexity index is 1370. The van der Waals surface area contributed by atoms with Gasteiger partial charge in [-0.1, -0.05) is 81.9 Å². The van der Waals surface area contributed by atoms with Crippen LogP contribution in [0.4, 0.5) is 0 Å². The summed E-state index contributed by atoms with van der Waals surface area (Å²) in [5.41, 5.74) is 7.39. The van der Waals surface area contributed by atoms with Crippen LogP contribution in [-0.2, 0) is 10.2 Å². The van der Waals surface area contributed by atoms with Crippen molar-refractivity contribution >= 4 is 23.4 Å². The number of nitrogens with zero attached hydrogens (tertiary/aromatic N) is 4. The predicted octanol–water partition coefficient (Wildman–Crippen LogP) is 5.96. The van der Waals surface area contributed by atoms with E-state index >= 15 is 0 Å². The number of carbonyl (C=O) groups excluding carboxylic acids is 1. The molecule has 0 atom stereocenters. The van der Waals surface area contributed by atoms with Gasteiger partial charge in [0.05, 0.1) is 11.5 Å². The molecular formula is C29H31N5O2S. The molecule has 4 aromatic rings. The number of amides is 1. The van der Waals surface area contributed by atoms with Gasteiger partial charge >= 0.3 is 0 Å². The Morgan fingerprint density at radius 2 is 1.65 bits per heavy atom. The summed E-state index contributed by atoms with van der Waals surface area (Å²) in [5.74, 6) is 0.789. The third kappa shape index (κ3) is 6.46. The normalized spacial score (nSPS) is 11.9. The first-order valence-corrected chi connectivity index (χ1v) is 13.1. The number of aromatic hydroxyl groups is 1. The van der Waals surface area contributed by atoms with Crippen molar-refractivity contribution in [2.75, 3.05) is 5.75 Å². The van der Waals surface area contributed by atoms with E-state index in [4.69, 9.17) is 0 Å². The number of hydrogen-bond acceptors (Lipinski definition) is 6. The van der Waals surface area contributed by atoms with Gasteiger partial charge < -0.3 is 5.11 Å². The monoisotopic (exact) mass is 513 g/mol. The Morgan fingerprint density at radius 1 is 0.973 bits per heavy atom. The molecule has 0 fully saturated rings. The number of nitrogens with one attached hydrogen (secondary N) is 1. The second-order valence-electron chi connectivity index (χ2n) is 9.59. The maximum atomic E-state index is 12.6. The third-order valence-electron chi connectivity index (χ3n) is 5.84. The van der Waals surface area contributed by atoms with E-state index in [0.717, 1.165) is 22.5 Å². The average Bonchev–Trinajstić information content (AvgIpc) is 3.33. The van der Waals surface area contributed by atoms with E-state index in [2.05, 4.69) is 65.8 Å². The minimum atomic E-state index is -0.242.